The molecule has 1 aromatic carbocycles. The molecule has 1 amide bonds. The maximum atomic E-state index is 13.4. The maximum absolute atomic E-state index is 13.4. The van der Waals surface area contributed by atoms with E-state index < -0.39 is 17.7 Å². The molecule has 1 aliphatic rings. The van der Waals surface area contributed by atoms with E-state index in [4.69, 9.17) is 9.47 Å². The number of ether oxygens (including phenoxy) is 2. The highest BCUT2D eigenvalue weighted by molar-refractivity contribution is 7.12. The van der Waals surface area contributed by atoms with Crippen LogP contribution in [0.1, 0.15) is 53.5 Å². The fourth-order valence-corrected chi connectivity index (χ4v) is 4.71. The highest BCUT2D eigenvalue weighted by Crippen LogP contribution is 2.42. The third-order valence-corrected chi connectivity index (χ3v) is 6.60. The summed E-state index contributed by atoms with van der Waals surface area (Å²) in [5.41, 5.74) is 1.55. The summed E-state index contributed by atoms with van der Waals surface area (Å²) in [4.78, 5) is 32.7. The van der Waals surface area contributed by atoms with E-state index in [1.165, 1.54) is 16.2 Å². The topological polar surface area (TPSA) is 89.0 Å². The lowest BCUT2D eigenvalue weighted by atomic mass is 9.95. The monoisotopic (exact) mass is 492 g/mol. The van der Waals surface area contributed by atoms with E-state index in [9.17, 15) is 14.7 Å². The number of aromatic nitrogens is 1. The number of pyridine rings is 1. The van der Waals surface area contributed by atoms with Crippen LogP contribution in [0.5, 0.6) is 11.5 Å². The van der Waals surface area contributed by atoms with Crippen molar-refractivity contribution in [1.29, 1.82) is 0 Å². The second-order valence-electron chi connectivity index (χ2n) is 8.10. The van der Waals surface area contributed by atoms with Crippen molar-refractivity contribution in [2.45, 2.75) is 39.3 Å². The smallest absolute Gasteiger partial charge is 0.290 e. The van der Waals surface area contributed by atoms with E-state index in [0.717, 1.165) is 18.4 Å². The van der Waals surface area contributed by atoms with E-state index >= 15 is 0 Å². The van der Waals surface area contributed by atoms with Crippen LogP contribution < -0.4 is 9.47 Å². The molecule has 7 nitrogen and oxygen atoms in total. The van der Waals surface area contributed by atoms with Crippen molar-refractivity contribution in [3.63, 3.8) is 0 Å². The molecule has 0 saturated carbocycles. The van der Waals surface area contributed by atoms with Crippen LogP contribution in [0.15, 0.2) is 71.6 Å². The first kappa shape index (κ1) is 24.5. The zero-order chi connectivity index (χ0) is 24.8. The number of carbonyl (C=O) groups is 2. The number of carbonyl (C=O) groups excluding carboxylic acids is 2. The van der Waals surface area contributed by atoms with Crippen LogP contribution in [-0.2, 0) is 11.3 Å². The average molecular weight is 493 g/mol. The van der Waals surface area contributed by atoms with Crippen molar-refractivity contribution in [3.8, 4) is 11.5 Å². The predicted octanol–water partition coefficient (Wildman–Crippen LogP) is 5.50. The largest absolute Gasteiger partial charge is 0.503 e. The summed E-state index contributed by atoms with van der Waals surface area (Å²) in [6, 6.07) is 11.7. The number of rotatable bonds is 11. The summed E-state index contributed by atoms with van der Waals surface area (Å²) in [7, 11) is 0. The summed E-state index contributed by atoms with van der Waals surface area (Å²) in [5.74, 6) is -0.342. The molecule has 0 fully saturated rings. The van der Waals surface area contributed by atoms with Crippen LogP contribution in [0.4, 0.5) is 0 Å². The Morgan fingerprint density at radius 1 is 1.11 bits per heavy atom. The molecule has 35 heavy (non-hydrogen) atoms. The minimum atomic E-state index is -0.783. The van der Waals surface area contributed by atoms with Crippen LogP contribution >= 0.6 is 11.3 Å². The van der Waals surface area contributed by atoms with Gasteiger partial charge >= 0.3 is 0 Å². The predicted molar refractivity (Wildman–Crippen MR) is 134 cm³/mol. The first-order valence-corrected chi connectivity index (χ1v) is 12.5. The molecule has 0 radical (unpaired) electrons. The molecule has 182 valence electrons. The summed E-state index contributed by atoms with van der Waals surface area (Å²) in [6.45, 7) is 5.18. The second kappa shape index (κ2) is 11.2. The van der Waals surface area contributed by atoms with Crippen molar-refractivity contribution in [2.24, 2.45) is 0 Å². The number of aliphatic hydroxyl groups excluding tert-OH is 1. The fraction of sp³-hybridized carbons (Fsp3) is 0.296. The molecule has 3 heterocycles. The molecule has 1 N–H and O–H groups in total. The quantitative estimate of drug-likeness (QED) is 0.281. The zero-order valence-corrected chi connectivity index (χ0v) is 20.6. The van der Waals surface area contributed by atoms with E-state index in [2.05, 4.69) is 11.9 Å². The number of nitrogens with zero attached hydrogens (tertiary/aromatic N) is 2. The van der Waals surface area contributed by atoms with E-state index in [0.29, 0.717) is 35.2 Å². The number of hydrogen-bond donors (Lipinski definition) is 1. The van der Waals surface area contributed by atoms with Gasteiger partial charge < -0.3 is 19.5 Å². The third-order valence-electron chi connectivity index (χ3n) is 5.73. The Bertz CT molecular complexity index is 1210. The van der Waals surface area contributed by atoms with Crippen LogP contribution in [0.2, 0.25) is 0 Å². The summed E-state index contributed by atoms with van der Waals surface area (Å²) >= 11 is 1.27. The van der Waals surface area contributed by atoms with Gasteiger partial charge in [0.25, 0.3) is 5.91 Å². The molecule has 8 heteroatoms. The van der Waals surface area contributed by atoms with Crippen molar-refractivity contribution >= 4 is 23.0 Å². The summed E-state index contributed by atoms with van der Waals surface area (Å²) in [5, 5.41) is 12.7. The number of aliphatic hydroxyl groups is 1. The molecule has 2 aromatic heterocycles. The van der Waals surface area contributed by atoms with Gasteiger partial charge in [-0.1, -0.05) is 25.5 Å². The number of benzene rings is 1. The highest BCUT2D eigenvalue weighted by Gasteiger charge is 2.44. The van der Waals surface area contributed by atoms with E-state index in [-0.39, 0.29) is 17.9 Å². The number of hydrogen-bond acceptors (Lipinski definition) is 7. The standard InChI is InChI=1S/C27H28N2O5S/c1-3-5-14-34-20-9-8-19(16-21(20)33-4-2)24-23(25(30)22-7-6-15-35-22)26(31)27(32)29(24)17-18-10-12-28-13-11-18/h6-13,15-16,24,31H,3-5,14,17H2,1-2H3. The lowest BCUT2D eigenvalue weighted by Crippen LogP contribution is -2.30. The van der Waals surface area contributed by atoms with Crippen molar-refractivity contribution < 1.29 is 24.2 Å². The van der Waals surface area contributed by atoms with Crippen molar-refractivity contribution in [2.75, 3.05) is 13.2 Å². The highest BCUT2D eigenvalue weighted by atomic mass is 32.1. The normalized spacial score (nSPS) is 15.5. The number of Topliss-reactive ketones (excluding diaryl/α,β-unsaturated/α-hetero) is 1. The molecule has 0 aliphatic carbocycles. The van der Waals surface area contributed by atoms with Gasteiger partial charge in [0.2, 0.25) is 5.78 Å². The van der Waals surface area contributed by atoms with Crippen LogP contribution in [0.25, 0.3) is 0 Å². The molecular weight excluding hydrogens is 464 g/mol. The van der Waals surface area contributed by atoms with Crippen LogP contribution in [-0.4, -0.2) is 39.9 Å². The molecule has 1 unspecified atom stereocenters. The third kappa shape index (κ3) is 5.22. The molecule has 0 saturated heterocycles. The van der Waals surface area contributed by atoms with Gasteiger partial charge in [-0.15, -0.1) is 11.3 Å². The number of ketones is 1. The van der Waals surface area contributed by atoms with Gasteiger partial charge in [0.15, 0.2) is 17.3 Å². The average Bonchev–Trinajstić information content (AvgIpc) is 3.49. The molecule has 4 rings (SSSR count). The number of thiophene rings is 1. The number of unbranched alkanes of at least 4 members (excludes halogenated alkanes) is 1. The van der Waals surface area contributed by atoms with Crippen LogP contribution in [0.3, 0.4) is 0 Å². The minimum Gasteiger partial charge on any atom is -0.503 e. The molecule has 1 atom stereocenters. The Labute approximate surface area is 208 Å². The Balaban J connectivity index is 1.77. The first-order valence-electron chi connectivity index (χ1n) is 11.7. The van der Waals surface area contributed by atoms with Crippen molar-refractivity contribution in [1.82, 2.24) is 9.88 Å². The van der Waals surface area contributed by atoms with Gasteiger partial charge in [0, 0.05) is 18.9 Å². The van der Waals surface area contributed by atoms with Gasteiger partial charge in [0.05, 0.1) is 29.7 Å². The Morgan fingerprint density at radius 3 is 2.60 bits per heavy atom. The summed E-state index contributed by atoms with van der Waals surface area (Å²) < 4.78 is 11.8. The lowest BCUT2D eigenvalue weighted by Gasteiger charge is -2.27. The maximum Gasteiger partial charge on any atom is 0.290 e. The molecular formula is C27H28N2O5S. The van der Waals surface area contributed by atoms with Crippen LogP contribution in [0, 0.1) is 0 Å². The lowest BCUT2D eigenvalue weighted by molar-refractivity contribution is -0.130. The molecule has 1 aliphatic heterocycles. The van der Waals surface area contributed by atoms with E-state index in [1.807, 2.05) is 13.0 Å². The molecule has 0 bridgehead atoms. The fourth-order valence-electron chi connectivity index (χ4n) is 4.03. The minimum absolute atomic E-state index is 0.0635. The zero-order valence-electron chi connectivity index (χ0n) is 19.8. The Hall–Kier alpha value is -3.65. The summed E-state index contributed by atoms with van der Waals surface area (Å²) in [6.07, 6.45) is 5.21. The van der Waals surface area contributed by atoms with Gasteiger partial charge in [-0.25, -0.2) is 0 Å². The van der Waals surface area contributed by atoms with Crippen molar-refractivity contribution in [3.05, 3.63) is 87.6 Å². The van der Waals surface area contributed by atoms with Gasteiger partial charge in [-0.3, -0.25) is 14.6 Å². The van der Waals surface area contributed by atoms with E-state index in [1.54, 1.807) is 54.2 Å². The van der Waals surface area contributed by atoms with Gasteiger partial charge in [-0.05, 0) is 60.2 Å². The first-order chi connectivity index (χ1) is 17.0. The second-order valence-corrected chi connectivity index (χ2v) is 9.05. The Kier molecular flexibility index (Phi) is 7.82. The Morgan fingerprint density at radius 2 is 1.91 bits per heavy atom. The number of amides is 1. The molecule has 3 aromatic rings. The SMILES string of the molecule is CCCCOc1ccc(C2C(C(=O)c3cccs3)=C(O)C(=O)N2Cc2ccncc2)cc1OCC. The van der Waals surface area contributed by atoms with Gasteiger partial charge in [0.1, 0.15) is 0 Å². The van der Waals surface area contributed by atoms with Gasteiger partial charge in [-0.2, -0.15) is 0 Å². The molecule has 0 spiro atoms.